The molecule has 35 heavy (non-hydrogen) atoms. The third-order valence-corrected chi connectivity index (χ3v) is 4.84. The highest BCUT2D eigenvalue weighted by atomic mass is 16.7. The second-order valence-electron chi connectivity index (χ2n) is 7.45. The number of ketones is 1. The number of aliphatic hydroxyl groups excluding tert-OH is 3. The lowest BCUT2D eigenvalue weighted by Crippen LogP contribution is -2.43. The van der Waals surface area contributed by atoms with Gasteiger partial charge in [0.25, 0.3) is 0 Å². The number of aliphatic hydroxyl groups is 3. The summed E-state index contributed by atoms with van der Waals surface area (Å²) in [4.78, 5) is 35.5. The van der Waals surface area contributed by atoms with Crippen molar-refractivity contribution in [3.63, 3.8) is 0 Å². The molecule has 1 aromatic carbocycles. The van der Waals surface area contributed by atoms with Gasteiger partial charge in [-0.2, -0.15) is 0 Å². The van der Waals surface area contributed by atoms with Gasteiger partial charge in [-0.05, 0) is 31.0 Å². The first-order chi connectivity index (χ1) is 16.8. The van der Waals surface area contributed by atoms with Gasteiger partial charge in [-0.1, -0.05) is 12.1 Å². The van der Waals surface area contributed by atoms with E-state index in [9.17, 15) is 24.6 Å². The number of esters is 1. The summed E-state index contributed by atoms with van der Waals surface area (Å²) in [7, 11) is 1.00. The fourth-order valence-corrected chi connectivity index (χ4v) is 3.15. The van der Waals surface area contributed by atoms with E-state index in [2.05, 4.69) is 5.32 Å². The van der Waals surface area contributed by atoms with E-state index in [1.54, 1.807) is 31.2 Å². The molecule has 0 spiro atoms. The predicted molar refractivity (Wildman–Crippen MR) is 122 cm³/mol. The zero-order chi connectivity index (χ0) is 26.2. The number of carbonyl (C=O) groups is 3. The first-order valence-corrected chi connectivity index (χ1v) is 11.2. The zero-order valence-corrected chi connectivity index (χ0v) is 19.9. The van der Waals surface area contributed by atoms with Gasteiger partial charge in [0.1, 0.15) is 18.4 Å². The largest absolute Gasteiger partial charge is 0.465 e. The van der Waals surface area contributed by atoms with Gasteiger partial charge < -0.3 is 39.6 Å². The van der Waals surface area contributed by atoms with Crippen molar-refractivity contribution < 1.29 is 54.1 Å². The average molecular weight is 500 g/mol. The molecule has 1 aromatic rings. The molecule has 0 aromatic heterocycles. The molecular weight excluding hydrogens is 464 g/mol. The van der Waals surface area contributed by atoms with Crippen molar-refractivity contribution in [3.8, 4) is 5.75 Å². The third-order valence-electron chi connectivity index (χ3n) is 4.84. The normalized spacial score (nSPS) is 19.9. The summed E-state index contributed by atoms with van der Waals surface area (Å²) < 4.78 is 21.3. The number of benzene rings is 1. The molecule has 196 valence electrons. The van der Waals surface area contributed by atoms with Crippen LogP contribution in [0.4, 0.5) is 4.79 Å². The van der Waals surface area contributed by atoms with Crippen molar-refractivity contribution in [1.29, 1.82) is 0 Å². The second-order valence-corrected chi connectivity index (χ2v) is 7.45. The number of Topliss-reactive ketones (excluding diaryl/α,β-unsaturated/α-hetero) is 1. The van der Waals surface area contributed by atoms with Crippen LogP contribution in [0.2, 0.25) is 0 Å². The van der Waals surface area contributed by atoms with Crippen molar-refractivity contribution in [2.24, 2.45) is 0 Å². The molecule has 4 unspecified atom stereocenters. The Morgan fingerprint density at radius 2 is 1.89 bits per heavy atom. The third kappa shape index (κ3) is 11.3. The Morgan fingerprint density at radius 1 is 1.20 bits per heavy atom. The molecular formula is C23H35N2O10+. The topological polar surface area (TPSA) is 186 Å². The van der Waals surface area contributed by atoms with Crippen LogP contribution >= 0.6 is 0 Å². The van der Waals surface area contributed by atoms with Crippen LogP contribution in [0.15, 0.2) is 24.3 Å². The molecule has 1 aliphatic heterocycles. The van der Waals surface area contributed by atoms with Crippen molar-refractivity contribution in [3.05, 3.63) is 29.8 Å². The minimum absolute atomic E-state index is 0.0253. The SMILES string of the molecule is CCOC(=O)C(CCC(=O)C=[NH2+])NC(=O)OCc1ccc(OC2CC(O)CC(CO)O2)cc1.CO. The fraction of sp³-hybridized carbons (Fsp3) is 0.565. The molecule has 1 aliphatic rings. The highest BCUT2D eigenvalue weighted by Gasteiger charge is 2.29. The minimum Gasteiger partial charge on any atom is -0.465 e. The first kappa shape index (κ1) is 30.0. The van der Waals surface area contributed by atoms with E-state index in [-0.39, 0.29) is 44.9 Å². The monoisotopic (exact) mass is 499 g/mol. The molecule has 0 saturated carbocycles. The Bertz CT molecular complexity index is 802. The number of nitrogens with two attached hydrogens (primary N) is 1. The molecule has 0 radical (unpaired) electrons. The summed E-state index contributed by atoms with van der Waals surface area (Å²) in [5.41, 5.74) is 0.663. The smallest absolute Gasteiger partial charge is 0.408 e. The molecule has 0 aliphatic carbocycles. The summed E-state index contributed by atoms with van der Waals surface area (Å²) in [5.74, 6) is -0.538. The first-order valence-electron chi connectivity index (χ1n) is 11.2. The van der Waals surface area contributed by atoms with Crippen LogP contribution in [0.1, 0.15) is 38.2 Å². The van der Waals surface area contributed by atoms with Crippen LogP contribution < -0.4 is 15.5 Å². The summed E-state index contributed by atoms with van der Waals surface area (Å²) in [6, 6.07) is 5.65. The number of alkyl carbamates (subject to hydrolysis) is 1. The molecule has 12 nitrogen and oxygen atoms in total. The Balaban J connectivity index is 0.00000298. The van der Waals surface area contributed by atoms with Gasteiger partial charge in [0.05, 0.1) is 25.4 Å². The summed E-state index contributed by atoms with van der Waals surface area (Å²) in [6.07, 6.45) is -1.05. The van der Waals surface area contributed by atoms with Gasteiger partial charge >= 0.3 is 12.1 Å². The lowest BCUT2D eigenvalue weighted by molar-refractivity contribution is -0.184. The Morgan fingerprint density at radius 3 is 2.49 bits per heavy atom. The molecule has 1 heterocycles. The zero-order valence-electron chi connectivity index (χ0n) is 19.9. The van der Waals surface area contributed by atoms with E-state index in [0.717, 1.165) is 13.3 Å². The van der Waals surface area contributed by atoms with Crippen molar-refractivity contribution in [2.45, 2.75) is 63.8 Å². The van der Waals surface area contributed by atoms with E-state index >= 15 is 0 Å². The number of hydrogen-bond acceptors (Lipinski definition) is 10. The van der Waals surface area contributed by atoms with Crippen molar-refractivity contribution in [1.82, 2.24) is 5.32 Å². The van der Waals surface area contributed by atoms with Gasteiger partial charge in [0, 0.05) is 26.4 Å². The summed E-state index contributed by atoms with van der Waals surface area (Å²) >= 11 is 0. The summed E-state index contributed by atoms with van der Waals surface area (Å²) in [5, 5.41) is 33.6. The van der Waals surface area contributed by atoms with Gasteiger partial charge in [0.15, 0.2) is 0 Å². The van der Waals surface area contributed by atoms with Gasteiger partial charge in [-0.15, -0.1) is 0 Å². The number of amides is 1. The highest BCUT2D eigenvalue weighted by Crippen LogP contribution is 2.23. The van der Waals surface area contributed by atoms with E-state index in [1.165, 1.54) is 0 Å². The van der Waals surface area contributed by atoms with Crippen molar-refractivity contribution in [2.75, 3.05) is 20.3 Å². The maximum Gasteiger partial charge on any atom is 0.408 e. The Kier molecular flexibility index (Phi) is 14.2. The number of ether oxygens (including phenoxy) is 4. The van der Waals surface area contributed by atoms with Crippen LogP contribution in [0.25, 0.3) is 0 Å². The lowest BCUT2D eigenvalue weighted by atomic mass is 10.1. The van der Waals surface area contributed by atoms with E-state index in [0.29, 0.717) is 17.7 Å². The molecule has 1 amide bonds. The van der Waals surface area contributed by atoms with Gasteiger partial charge in [0.2, 0.25) is 18.3 Å². The molecule has 12 heteroatoms. The summed E-state index contributed by atoms with van der Waals surface area (Å²) in [6.45, 7) is 1.49. The second kappa shape index (κ2) is 16.5. The lowest BCUT2D eigenvalue weighted by Gasteiger charge is -2.32. The van der Waals surface area contributed by atoms with Crippen LogP contribution in [0.5, 0.6) is 5.75 Å². The molecule has 4 atom stereocenters. The maximum atomic E-state index is 12.1. The molecule has 1 saturated heterocycles. The number of carbonyl (C=O) groups excluding carboxylic acids is 3. The standard InChI is InChI=1S/C22H30N2O9.CH4O/c1-2-30-21(28)19(8-5-15(26)11-23)24-22(29)31-13-14-3-6-17(7-4-14)32-20-10-16(27)9-18(12-25)33-20;1-2/h3-4,6-7,11,16,18-20,23,25,27H,2,5,8-10,12-13H2,1H3,(H,24,29);2H,1H3/p+1. The maximum absolute atomic E-state index is 12.1. The molecule has 0 bridgehead atoms. The number of nitrogens with one attached hydrogen (secondary N) is 1. The van der Waals surface area contributed by atoms with E-state index in [4.69, 9.17) is 29.5 Å². The van der Waals surface area contributed by atoms with Gasteiger partial charge in [-0.3, -0.25) is 10.2 Å². The van der Waals surface area contributed by atoms with E-state index < -0.39 is 36.6 Å². The molecule has 1 fully saturated rings. The van der Waals surface area contributed by atoms with E-state index in [1.807, 2.05) is 0 Å². The van der Waals surface area contributed by atoms with Crippen LogP contribution in [-0.4, -0.2) is 84.2 Å². The Hall–Kier alpha value is -3.06. The van der Waals surface area contributed by atoms with Crippen LogP contribution in [0.3, 0.4) is 0 Å². The fourth-order valence-electron chi connectivity index (χ4n) is 3.15. The van der Waals surface area contributed by atoms with Crippen molar-refractivity contribution >= 4 is 24.1 Å². The number of hydrogen-bond donors (Lipinski definition) is 5. The predicted octanol–water partition coefficient (Wildman–Crippen LogP) is -1.13. The molecule has 6 N–H and O–H groups in total. The minimum atomic E-state index is -1.04. The molecule has 2 rings (SSSR count). The van der Waals surface area contributed by atoms with Crippen LogP contribution in [-0.2, 0) is 30.4 Å². The average Bonchev–Trinajstić information content (AvgIpc) is 2.86. The Labute approximate surface area is 203 Å². The quantitative estimate of drug-likeness (QED) is 0.174. The highest BCUT2D eigenvalue weighted by molar-refractivity contribution is 6.24. The number of rotatable bonds is 12. The van der Waals surface area contributed by atoms with Gasteiger partial charge in [-0.25, -0.2) is 9.59 Å². The van der Waals surface area contributed by atoms with Crippen LogP contribution in [0, 0.1) is 0 Å².